The Morgan fingerprint density at radius 3 is 2.14 bits per heavy atom. The van der Waals surface area contributed by atoms with Crippen molar-refractivity contribution in [1.82, 2.24) is 9.78 Å². The molecule has 0 radical (unpaired) electrons. The van der Waals surface area contributed by atoms with Gasteiger partial charge in [0.25, 0.3) is 0 Å². The quantitative estimate of drug-likeness (QED) is 0.692. The molecule has 0 aliphatic carbocycles. The Labute approximate surface area is 81.7 Å². The van der Waals surface area contributed by atoms with E-state index in [-0.39, 0.29) is 6.54 Å². The molecule has 0 spiro atoms. The van der Waals surface area contributed by atoms with Crippen LogP contribution in [0.2, 0.25) is 0 Å². The molecule has 2 nitrogen and oxygen atoms in total. The summed E-state index contributed by atoms with van der Waals surface area (Å²) in [5.74, 6) is 0. The van der Waals surface area contributed by atoms with Crippen molar-refractivity contribution in [3.63, 3.8) is 0 Å². The standard InChI is InChI=1S/C7H9F3N2.C2H6/c1-3-12-6(7(8,9)10)4-5(2)11-12;1-2/h4H,3H2,1-2H3;1-2H3. The lowest BCUT2D eigenvalue weighted by Gasteiger charge is -2.07. The smallest absolute Gasteiger partial charge is 0.260 e. The van der Waals surface area contributed by atoms with Crippen LogP contribution in [-0.4, -0.2) is 9.78 Å². The topological polar surface area (TPSA) is 17.8 Å². The molecule has 5 heteroatoms. The van der Waals surface area contributed by atoms with E-state index in [1.165, 1.54) is 0 Å². The lowest BCUT2D eigenvalue weighted by atomic mass is 10.3. The fraction of sp³-hybridized carbons (Fsp3) is 0.667. The number of rotatable bonds is 1. The molecule has 1 rings (SSSR count). The van der Waals surface area contributed by atoms with Crippen molar-refractivity contribution in [3.8, 4) is 0 Å². The highest BCUT2D eigenvalue weighted by Crippen LogP contribution is 2.29. The second kappa shape index (κ2) is 5.02. The van der Waals surface area contributed by atoms with Crippen LogP contribution in [0.15, 0.2) is 6.07 Å². The Balaban J connectivity index is 0.000000791. The number of hydrogen-bond acceptors (Lipinski definition) is 1. The van der Waals surface area contributed by atoms with Gasteiger partial charge in [0.05, 0.1) is 5.69 Å². The van der Waals surface area contributed by atoms with Crippen LogP contribution in [0.4, 0.5) is 13.2 Å². The van der Waals surface area contributed by atoms with Crippen LogP contribution in [0.1, 0.15) is 32.2 Å². The maximum absolute atomic E-state index is 12.2. The predicted octanol–water partition coefficient (Wildman–Crippen LogP) is 3.26. The van der Waals surface area contributed by atoms with Crippen molar-refractivity contribution >= 4 is 0 Å². The van der Waals surface area contributed by atoms with Gasteiger partial charge < -0.3 is 0 Å². The van der Waals surface area contributed by atoms with Gasteiger partial charge in [-0.2, -0.15) is 18.3 Å². The molecule has 1 aromatic heterocycles. The van der Waals surface area contributed by atoms with Gasteiger partial charge in [-0.05, 0) is 19.9 Å². The van der Waals surface area contributed by atoms with Gasteiger partial charge in [-0.25, -0.2) is 0 Å². The highest BCUT2D eigenvalue weighted by Gasteiger charge is 2.34. The highest BCUT2D eigenvalue weighted by atomic mass is 19.4. The maximum atomic E-state index is 12.2. The number of aromatic nitrogens is 2. The Kier molecular flexibility index (Phi) is 4.67. The monoisotopic (exact) mass is 208 g/mol. The van der Waals surface area contributed by atoms with Gasteiger partial charge in [-0.3, -0.25) is 4.68 Å². The Morgan fingerprint density at radius 1 is 1.36 bits per heavy atom. The van der Waals surface area contributed by atoms with Crippen LogP contribution in [0, 0.1) is 6.92 Å². The van der Waals surface area contributed by atoms with E-state index in [0.717, 1.165) is 10.7 Å². The first-order chi connectivity index (χ1) is 6.45. The van der Waals surface area contributed by atoms with E-state index in [2.05, 4.69) is 5.10 Å². The molecule has 0 unspecified atom stereocenters. The number of halogens is 3. The Hall–Kier alpha value is -1.00. The number of nitrogens with zero attached hydrogens (tertiary/aromatic N) is 2. The second-order valence-corrected chi connectivity index (χ2v) is 2.48. The summed E-state index contributed by atoms with van der Waals surface area (Å²) in [7, 11) is 0. The number of hydrogen-bond donors (Lipinski definition) is 0. The van der Waals surface area contributed by atoms with Crippen molar-refractivity contribution < 1.29 is 13.2 Å². The third kappa shape index (κ3) is 3.05. The number of aryl methyl sites for hydroxylation is 2. The van der Waals surface area contributed by atoms with Gasteiger partial charge in [-0.1, -0.05) is 13.8 Å². The molecule has 1 heterocycles. The van der Waals surface area contributed by atoms with Crippen LogP contribution < -0.4 is 0 Å². The van der Waals surface area contributed by atoms with Crippen LogP contribution in [0.25, 0.3) is 0 Å². The molecule has 0 amide bonds. The summed E-state index contributed by atoms with van der Waals surface area (Å²) in [4.78, 5) is 0. The van der Waals surface area contributed by atoms with E-state index in [0.29, 0.717) is 5.69 Å². The summed E-state index contributed by atoms with van der Waals surface area (Å²) in [5, 5.41) is 3.69. The van der Waals surface area contributed by atoms with Crippen molar-refractivity contribution in [2.75, 3.05) is 0 Å². The van der Waals surface area contributed by atoms with Gasteiger partial charge in [-0.15, -0.1) is 0 Å². The summed E-state index contributed by atoms with van der Waals surface area (Å²) in [6.07, 6.45) is -4.29. The molecule has 0 aliphatic rings. The van der Waals surface area contributed by atoms with E-state index in [1.54, 1.807) is 13.8 Å². The third-order valence-corrected chi connectivity index (χ3v) is 1.49. The highest BCUT2D eigenvalue weighted by molar-refractivity contribution is 5.11. The molecule has 0 atom stereocenters. The first-order valence-corrected chi connectivity index (χ1v) is 4.56. The van der Waals surface area contributed by atoms with E-state index in [9.17, 15) is 13.2 Å². The summed E-state index contributed by atoms with van der Waals surface area (Å²) in [6, 6.07) is 1.05. The zero-order chi connectivity index (χ0) is 11.4. The molecule has 0 aliphatic heterocycles. The SMILES string of the molecule is CC.CCn1nc(C)cc1C(F)(F)F. The summed E-state index contributed by atoms with van der Waals surface area (Å²) < 4.78 is 37.5. The van der Waals surface area contributed by atoms with Crippen LogP contribution in [0.5, 0.6) is 0 Å². The maximum Gasteiger partial charge on any atom is 0.433 e. The normalized spacial score (nSPS) is 10.8. The van der Waals surface area contributed by atoms with Gasteiger partial charge in [0.15, 0.2) is 0 Å². The summed E-state index contributed by atoms with van der Waals surface area (Å²) in [5.41, 5.74) is -0.285. The van der Waals surface area contributed by atoms with Crippen LogP contribution in [0.3, 0.4) is 0 Å². The molecule has 0 aromatic carbocycles. The molecule has 1 aromatic rings. The molecule has 0 saturated heterocycles. The largest absolute Gasteiger partial charge is 0.433 e. The minimum atomic E-state index is -4.29. The Morgan fingerprint density at radius 2 is 1.86 bits per heavy atom. The third-order valence-electron chi connectivity index (χ3n) is 1.49. The zero-order valence-electron chi connectivity index (χ0n) is 8.81. The fourth-order valence-electron chi connectivity index (χ4n) is 1.01. The number of alkyl halides is 3. The van der Waals surface area contributed by atoms with Crippen LogP contribution in [-0.2, 0) is 12.7 Å². The lowest BCUT2D eigenvalue weighted by Crippen LogP contribution is -2.13. The molecule has 0 N–H and O–H groups in total. The molecule has 0 saturated carbocycles. The van der Waals surface area contributed by atoms with Crippen molar-refractivity contribution in [2.24, 2.45) is 0 Å². The summed E-state index contributed by atoms with van der Waals surface area (Å²) in [6.45, 7) is 7.41. The molecule has 0 fully saturated rings. The predicted molar refractivity (Wildman–Crippen MR) is 49.0 cm³/mol. The molecular weight excluding hydrogens is 193 g/mol. The Bertz CT molecular complexity index is 276. The van der Waals surface area contributed by atoms with Gasteiger partial charge in [0.1, 0.15) is 5.69 Å². The minimum Gasteiger partial charge on any atom is -0.260 e. The van der Waals surface area contributed by atoms with Crippen molar-refractivity contribution in [1.29, 1.82) is 0 Å². The van der Waals surface area contributed by atoms with Gasteiger partial charge in [0.2, 0.25) is 0 Å². The second-order valence-electron chi connectivity index (χ2n) is 2.48. The molecular formula is C9H15F3N2. The van der Waals surface area contributed by atoms with E-state index in [1.807, 2.05) is 13.8 Å². The van der Waals surface area contributed by atoms with Gasteiger partial charge >= 0.3 is 6.18 Å². The zero-order valence-corrected chi connectivity index (χ0v) is 8.81. The molecule has 0 bridgehead atoms. The fourth-order valence-corrected chi connectivity index (χ4v) is 1.01. The lowest BCUT2D eigenvalue weighted by molar-refractivity contribution is -0.144. The average Bonchev–Trinajstić information content (AvgIpc) is 2.49. The summed E-state index contributed by atoms with van der Waals surface area (Å²) >= 11 is 0. The minimum absolute atomic E-state index is 0.239. The van der Waals surface area contributed by atoms with Crippen molar-refractivity contribution in [2.45, 2.75) is 40.4 Å². The van der Waals surface area contributed by atoms with Crippen molar-refractivity contribution in [3.05, 3.63) is 17.5 Å². The average molecular weight is 208 g/mol. The first kappa shape index (κ1) is 13.0. The molecule has 14 heavy (non-hydrogen) atoms. The van der Waals surface area contributed by atoms with E-state index in [4.69, 9.17) is 0 Å². The van der Waals surface area contributed by atoms with Gasteiger partial charge in [0, 0.05) is 6.54 Å². The van der Waals surface area contributed by atoms with E-state index >= 15 is 0 Å². The van der Waals surface area contributed by atoms with E-state index < -0.39 is 11.9 Å². The molecule has 82 valence electrons. The van der Waals surface area contributed by atoms with Crippen LogP contribution >= 0.6 is 0 Å². The first-order valence-electron chi connectivity index (χ1n) is 4.56.